The van der Waals surface area contributed by atoms with Gasteiger partial charge in [-0.1, -0.05) is 53.8 Å². The van der Waals surface area contributed by atoms with Crippen molar-refractivity contribution < 1.29 is 23.4 Å². The molecule has 4 aromatic rings. The Morgan fingerprint density at radius 1 is 1.10 bits per heavy atom. The lowest BCUT2D eigenvalue weighted by Gasteiger charge is -2.25. The van der Waals surface area contributed by atoms with Crippen molar-refractivity contribution in [3.8, 4) is 11.5 Å². The second kappa shape index (κ2) is 11.6. The number of rotatable bonds is 7. The van der Waals surface area contributed by atoms with Crippen LogP contribution in [0.4, 0.5) is 4.39 Å². The average Bonchev–Trinajstić information content (AvgIpc) is 3.27. The first kappa shape index (κ1) is 27.5. The zero-order chi connectivity index (χ0) is 28.4. The Morgan fingerprint density at radius 2 is 1.82 bits per heavy atom. The van der Waals surface area contributed by atoms with Gasteiger partial charge < -0.3 is 14.2 Å². The number of ether oxygens (including phenoxy) is 3. The summed E-state index contributed by atoms with van der Waals surface area (Å²) in [5.41, 5.74) is 2.19. The summed E-state index contributed by atoms with van der Waals surface area (Å²) < 4.78 is 32.7. The van der Waals surface area contributed by atoms with Crippen LogP contribution >= 0.6 is 27.3 Å². The highest BCUT2D eigenvalue weighted by atomic mass is 79.9. The topological polar surface area (TPSA) is 79.1 Å². The van der Waals surface area contributed by atoms with E-state index in [0.29, 0.717) is 47.7 Å². The Morgan fingerprint density at radius 3 is 2.48 bits per heavy atom. The van der Waals surface area contributed by atoms with Crippen molar-refractivity contribution >= 4 is 45.0 Å². The number of carbonyl (C=O) groups excluding carboxylic acids is 1. The number of fused-ring (bicyclic) bond motifs is 1. The number of aromatic nitrogens is 1. The van der Waals surface area contributed by atoms with E-state index in [4.69, 9.17) is 19.2 Å². The molecule has 10 heteroatoms. The molecule has 0 saturated heterocycles. The molecule has 1 aliphatic heterocycles. The van der Waals surface area contributed by atoms with Gasteiger partial charge in [-0.15, -0.1) is 0 Å². The Bertz CT molecular complexity index is 1800. The van der Waals surface area contributed by atoms with E-state index < -0.39 is 17.8 Å². The SMILES string of the molecule is CCOC(=O)C1=C(c2ccccc2)N=c2s/c(=C\c3cc(Br)c(OC)c(OC)c3)c(=O)n2[C@H]1c1ccc(F)cc1. The highest BCUT2D eigenvalue weighted by Gasteiger charge is 2.35. The minimum absolute atomic E-state index is 0.138. The number of hydrogen-bond donors (Lipinski definition) is 0. The number of nitrogens with zero attached hydrogens (tertiary/aromatic N) is 2. The zero-order valence-corrected chi connectivity index (χ0v) is 24.2. The number of esters is 1. The smallest absolute Gasteiger partial charge is 0.338 e. The van der Waals surface area contributed by atoms with E-state index in [0.717, 1.165) is 0 Å². The summed E-state index contributed by atoms with van der Waals surface area (Å²) in [6, 6.07) is 17.7. The van der Waals surface area contributed by atoms with Gasteiger partial charge in [-0.25, -0.2) is 14.2 Å². The lowest BCUT2D eigenvalue weighted by Crippen LogP contribution is -2.40. The summed E-state index contributed by atoms with van der Waals surface area (Å²) in [5.74, 6) is -0.00211. The van der Waals surface area contributed by atoms with Gasteiger partial charge in [0, 0.05) is 5.56 Å². The van der Waals surface area contributed by atoms with Crippen LogP contribution in [0.15, 0.2) is 86.6 Å². The van der Waals surface area contributed by atoms with Crippen LogP contribution in [0.3, 0.4) is 0 Å². The molecule has 0 N–H and O–H groups in total. The summed E-state index contributed by atoms with van der Waals surface area (Å²) in [5, 5.41) is 0. The Kier molecular flexibility index (Phi) is 7.99. The van der Waals surface area contributed by atoms with Gasteiger partial charge in [-0.3, -0.25) is 9.36 Å². The molecule has 1 aliphatic rings. The maximum atomic E-state index is 14.0. The fourth-order valence-electron chi connectivity index (χ4n) is 4.57. The van der Waals surface area contributed by atoms with Crippen LogP contribution in [0.25, 0.3) is 11.8 Å². The molecule has 0 radical (unpaired) electrons. The summed E-state index contributed by atoms with van der Waals surface area (Å²) in [6.45, 7) is 1.85. The third-order valence-electron chi connectivity index (χ3n) is 6.31. The number of thiazole rings is 1. The highest BCUT2D eigenvalue weighted by Crippen LogP contribution is 2.37. The number of hydrogen-bond acceptors (Lipinski definition) is 7. The first-order chi connectivity index (χ1) is 19.4. The Labute approximate surface area is 241 Å². The second-order valence-corrected chi connectivity index (χ2v) is 10.6. The number of halogens is 2. The summed E-state index contributed by atoms with van der Waals surface area (Å²) >= 11 is 4.69. The lowest BCUT2D eigenvalue weighted by molar-refractivity contribution is -0.138. The molecule has 0 amide bonds. The normalized spacial score (nSPS) is 14.9. The van der Waals surface area contributed by atoms with Crippen LogP contribution in [-0.4, -0.2) is 31.4 Å². The van der Waals surface area contributed by atoms with Gasteiger partial charge in [0.1, 0.15) is 5.82 Å². The molecule has 7 nitrogen and oxygen atoms in total. The van der Waals surface area contributed by atoms with Crippen molar-refractivity contribution in [1.82, 2.24) is 4.57 Å². The summed E-state index contributed by atoms with van der Waals surface area (Å²) in [4.78, 5) is 32.6. The molecule has 0 spiro atoms. The highest BCUT2D eigenvalue weighted by molar-refractivity contribution is 9.10. The summed E-state index contributed by atoms with van der Waals surface area (Å²) in [6.07, 6.45) is 1.73. The van der Waals surface area contributed by atoms with Crippen LogP contribution < -0.4 is 24.4 Å². The van der Waals surface area contributed by atoms with Crippen molar-refractivity contribution in [2.45, 2.75) is 13.0 Å². The molecule has 1 aromatic heterocycles. The fraction of sp³-hybridized carbons (Fsp3) is 0.167. The molecule has 0 fully saturated rings. The molecule has 5 rings (SSSR count). The van der Waals surface area contributed by atoms with Crippen molar-refractivity contribution in [2.24, 2.45) is 4.99 Å². The molecule has 204 valence electrons. The van der Waals surface area contributed by atoms with Gasteiger partial charge >= 0.3 is 5.97 Å². The van der Waals surface area contributed by atoms with Gasteiger partial charge in [-0.2, -0.15) is 0 Å². The van der Waals surface area contributed by atoms with E-state index in [-0.39, 0.29) is 17.7 Å². The van der Waals surface area contributed by atoms with Crippen molar-refractivity contribution in [1.29, 1.82) is 0 Å². The van der Waals surface area contributed by atoms with Gasteiger partial charge in [0.05, 0.1) is 47.1 Å². The first-order valence-electron chi connectivity index (χ1n) is 12.3. The van der Waals surface area contributed by atoms with E-state index in [9.17, 15) is 14.0 Å². The second-order valence-electron chi connectivity index (χ2n) is 8.72. The van der Waals surface area contributed by atoms with Gasteiger partial charge in [-0.05, 0) is 64.3 Å². The molecule has 0 unspecified atom stereocenters. The third-order valence-corrected chi connectivity index (χ3v) is 7.89. The van der Waals surface area contributed by atoms with Gasteiger partial charge in [0.2, 0.25) is 0 Å². The monoisotopic (exact) mass is 622 g/mol. The molecule has 0 saturated carbocycles. The van der Waals surface area contributed by atoms with Crippen LogP contribution in [-0.2, 0) is 9.53 Å². The number of carbonyl (C=O) groups is 1. The van der Waals surface area contributed by atoms with E-state index in [1.54, 1.807) is 38.3 Å². The van der Waals surface area contributed by atoms with Crippen molar-refractivity contribution in [3.63, 3.8) is 0 Å². The number of methoxy groups -OCH3 is 2. The minimum atomic E-state index is -0.884. The number of benzene rings is 3. The van der Waals surface area contributed by atoms with E-state index >= 15 is 0 Å². The minimum Gasteiger partial charge on any atom is -0.493 e. The van der Waals surface area contributed by atoms with E-state index in [1.165, 1.54) is 35.1 Å². The lowest BCUT2D eigenvalue weighted by atomic mass is 9.93. The molecular weight excluding hydrogens is 599 g/mol. The van der Waals surface area contributed by atoms with Crippen molar-refractivity contribution in [3.05, 3.63) is 119 Å². The molecule has 0 aliphatic carbocycles. The van der Waals surface area contributed by atoms with Crippen LogP contribution in [0, 0.1) is 5.82 Å². The Hall–Kier alpha value is -4.02. The molecule has 0 bridgehead atoms. The quantitative estimate of drug-likeness (QED) is 0.275. The molecule has 1 atom stereocenters. The van der Waals surface area contributed by atoms with Crippen LogP contribution in [0.5, 0.6) is 11.5 Å². The van der Waals surface area contributed by atoms with E-state index in [1.807, 2.05) is 36.4 Å². The largest absolute Gasteiger partial charge is 0.493 e. The average molecular weight is 624 g/mol. The fourth-order valence-corrected chi connectivity index (χ4v) is 6.20. The standard InChI is InChI=1S/C30H24BrFN2O5S/c1-4-39-29(36)24-25(18-8-6-5-7-9-18)33-30-34(26(24)19-10-12-20(32)13-11-19)28(35)23(40-30)16-17-14-21(31)27(38-3)22(15-17)37-2/h5-16,26H,4H2,1-3H3/b23-16-/t26-/m0/s1. The van der Waals surface area contributed by atoms with Gasteiger partial charge in [0.15, 0.2) is 16.3 Å². The van der Waals surface area contributed by atoms with Crippen LogP contribution in [0.1, 0.15) is 29.7 Å². The molecule has 3 aromatic carbocycles. The van der Waals surface area contributed by atoms with E-state index in [2.05, 4.69) is 15.9 Å². The first-order valence-corrected chi connectivity index (χ1v) is 13.9. The predicted molar refractivity (Wildman–Crippen MR) is 155 cm³/mol. The Balaban J connectivity index is 1.81. The molecule has 40 heavy (non-hydrogen) atoms. The molecular formula is C30H24BrFN2O5S. The third kappa shape index (κ3) is 5.12. The predicted octanol–water partition coefficient (Wildman–Crippen LogP) is 4.85. The van der Waals surface area contributed by atoms with Crippen molar-refractivity contribution in [2.75, 3.05) is 20.8 Å². The molecule has 2 heterocycles. The van der Waals surface area contributed by atoms with Gasteiger partial charge in [0.25, 0.3) is 5.56 Å². The summed E-state index contributed by atoms with van der Waals surface area (Å²) in [7, 11) is 3.08. The maximum absolute atomic E-state index is 14.0. The maximum Gasteiger partial charge on any atom is 0.338 e. The zero-order valence-electron chi connectivity index (χ0n) is 21.8. The van der Waals surface area contributed by atoms with Crippen LogP contribution in [0.2, 0.25) is 0 Å².